The van der Waals surface area contributed by atoms with E-state index in [0.29, 0.717) is 6.04 Å². The molecule has 9 heteroatoms. The highest BCUT2D eigenvalue weighted by Crippen LogP contribution is 2.30. The van der Waals surface area contributed by atoms with Gasteiger partial charge in [-0.2, -0.15) is 0 Å². The lowest BCUT2D eigenvalue weighted by molar-refractivity contribution is 0.0590. The summed E-state index contributed by atoms with van der Waals surface area (Å²) in [4.78, 5) is 17.7. The van der Waals surface area contributed by atoms with Gasteiger partial charge in [0.05, 0.1) is 12.6 Å². The quantitative estimate of drug-likeness (QED) is 0.788. The average Bonchev–Trinajstić information content (AvgIpc) is 3.00. The zero-order valence-corrected chi connectivity index (χ0v) is 13.2. The van der Waals surface area contributed by atoms with Gasteiger partial charge >= 0.3 is 5.97 Å². The lowest BCUT2D eigenvalue weighted by atomic mass is 10.3. The van der Waals surface area contributed by atoms with Crippen LogP contribution in [0.15, 0.2) is 9.72 Å². The molecular weight excluding hydrogens is 314 g/mol. The van der Waals surface area contributed by atoms with Crippen LogP contribution in [0.5, 0.6) is 0 Å². The summed E-state index contributed by atoms with van der Waals surface area (Å²) in [6.45, 7) is 1.65. The number of carbonyl (C=O) groups is 1. The van der Waals surface area contributed by atoms with E-state index in [1.54, 1.807) is 0 Å². The molecule has 1 unspecified atom stereocenters. The van der Waals surface area contributed by atoms with E-state index in [4.69, 9.17) is 0 Å². The van der Waals surface area contributed by atoms with Gasteiger partial charge in [-0.15, -0.1) is 11.3 Å². The van der Waals surface area contributed by atoms with Crippen molar-refractivity contribution in [2.75, 3.05) is 20.2 Å². The van der Waals surface area contributed by atoms with Crippen molar-refractivity contribution in [1.82, 2.24) is 14.6 Å². The fraction of sp³-hybridized carbons (Fsp3) is 0.667. The summed E-state index contributed by atoms with van der Waals surface area (Å²) in [6.07, 6.45) is 3.21. The lowest BCUT2D eigenvalue weighted by Gasteiger charge is -2.15. The molecule has 1 aromatic heterocycles. The molecule has 0 spiro atoms. The number of likely N-dealkylation sites (tertiary alicyclic amines) is 1. The fourth-order valence-electron chi connectivity index (χ4n) is 2.59. The molecule has 0 aromatic carbocycles. The van der Waals surface area contributed by atoms with Crippen LogP contribution in [0.2, 0.25) is 0 Å². The maximum Gasteiger partial charge on any atom is 0.358 e. The Kier molecular flexibility index (Phi) is 4.00. The minimum atomic E-state index is -3.74. The van der Waals surface area contributed by atoms with Crippen molar-refractivity contribution < 1.29 is 17.9 Å². The molecule has 0 radical (unpaired) electrons. The Bertz CT molecular complexity index is 639. The number of rotatable bonds is 5. The van der Waals surface area contributed by atoms with Crippen molar-refractivity contribution in [3.8, 4) is 0 Å². The smallest absolute Gasteiger partial charge is 0.358 e. The van der Waals surface area contributed by atoms with E-state index in [1.165, 1.54) is 25.5 Å². The number of thiazole rings is 1. The maximum atomic E-state index is 12.4. The van der Waals surface area contributed by atoms with Gasteiger partial charge in [0.1, 0.15) is 0 Å². The number of nitrogens with zero attached hydrogens (tertiary/aromatic N) is 2. The van der Waals surface area contributed by atoms with Crippen LogP contribution in [-0.4, -0.2) is 56.6 Å². The second-order valence-electron chi connectivity index (χ2n) is 5.31. The summed E-state index contributed by atoms with van der Waals surface area (Å²) < 4.78 is 32.0. The monoisotopic (exact) mass is 331 g/mol. The molecule has 2 aliphatic rings. The van der Waals surface area contributed by atoms with Gasteiger partial charge in [0.25, 0.3) is 10.0 Å². The summed E-state index contributed by atoms with van der Waals surface area (Å²) in [5.41, 5.74) is 1.19. The van der Waals surface area contributed by atoms with Gasteiger partial charge in [0.15, 0.2) is 9.90 Å². The second-order valence-corrected chi connectivity index (χ2v) is 8.08. The molecule has 1 N–H and O–H groups in total. The highest BCUT2D eigenvalue weighted by molar-refractivity contribution is 7.91. The van der Waals surface area contributed by atoms with Crippen LogP contribution >= 0.6 is 11.3 Å². The molecular formula is C12H17N3O4S2. The molecule has 0 bridgehead atoms. The van der Waals surface area contributed by atoms with E-state index in [-0.39, 0.29) is 15.9 Å². The fourth-order valence-corrected chi connectivity index (χ4v) is 5.00. The van der Waals surface area contributed by atoms with Crippen molar-refractivity contribution in [2.24, 2.45) is 0 Å². The Morgan fingerprint density at radius 2 is 2.24 bits per heavy atom. The summed E-state index contributed by atoms with van der Waals surface area (Å²) in [7, 11) is -2.53. The number of sulfonamides is 1. The Morgan fingerprint density at radius 3 is 2.90 bits per heavy atom. The predicted octanol–water partition coefficient (Wildman–Crippen LogP) is 0.445. The minimum Gasteiger partial charge on any atom is -0.464 e. The van der Waals surface area contributed by atoms with Gasteiger partial charge in [-0.3, -0.25) is 4.90 Å². The zero-order valence-electron chi connectivity index (χ0n) is 11.6. The SMILES string of the molecule is COC(=O)c1ncsc1S(=O)(=O)NC1CCN(C2CC2)C1. The molecule has 1 aromatic rings. The Labute approximate surface area is 127 Å². The third-order valence-electron chi connectivity index (χ3n) is 3.76. The molecule has 116 valence electrons. The van der Waals surface area contributed by atoms with E-state index in [1.807, 2.05) is 0 Å². The number of nitrogens with one attached hydrogen (secondary N) is 1. The summed E-state index contributed by atoms with van der Waals surface area (Å²) >= 11 is 0.927. The Morgan fingerprint density at radius 1 is 1.48 bits per heavy atom. The molecule has 1 atom stereocenters. The third kappa shape index (κ3) is 3.10. The molecule has 1 saturated carbocycles. The highest BCUT2D eigenvalue weighted by atomic mass is 32.2. The van der Waals surface area contributed by atoms with Gasteiger partial charge in [0.2, 0.25) is 0 Å². The molecule has 1 aliphatic carbocycles. The minimum absolute atomic E-state index is 0.0702. The van der Waals surface area contributed by atoms with Crippen molar-refractivity contribution in [3.05, 3.63) is 11.2 Å². The third-order valence-corrected chi connectivity index (χ3v) is 6.65. The first kappa shape index (κ1) is 14.9. The topological polar surface area (TPSA) is 88.6 Å². The number of methoxy groups -OCH3 is 1. The standard InChI is InChI=1S/C12H17N3O4S2/c1-19-11(16)10-12(20-7-13-10)21(17,18)14-8-4-5-15(6-8)9-2-3-9/h7-9,14H,2-6H2,1H3. The number of hydrogen-bond donors (Lipinski definition) is 1. The Balaban J connectivity index is 1.72. The normalized spacial score (nSPS) is 23.4. The predicted molar refractivity (Wildman–Crippen MR) is 76.8 cm³/mol. The number of carbonyl (C=O) groups excluding carboxylic acids is 1. The molecule has 7 nitrogen and oxygen atoms in total. The summed E-state index contributed by atoms with van der Waals surface area (Å²) in [6, 6.07) is 0.525. The molecule has 2 heterocycles. The largest absolute Gasteiger partial charge is 0.464 e. The molecule has 1 saturated heterocycles. The van der Waals surface area contributed by atoms with E-state index in [9.17, 15) is 13.2 Å². The van der Waals surface area contributed by atoms with Crippen molar-refractivity contribution in [2.45, 2.75) is 35.6 Å². The molecule has 0 amide bonds. The van der Waals surface area contributed by atoms with Crippen molar-refractivity contribution >= 4 is 27.3 Å². The van der Waals surface area contributed by atoms with Gasteiger partial charge in [-0.05, 0) is 19.3 Å². The van der Waals surface area contributed by atoms with Crippen LogP contribution in [0.4, 0.5) is 0 Å². The first-order chi connectivity index (χ1) is 10.0. The molecule has 1 aliphatic heterocycles. The maximum absolute atomic E-state index is 12.4. The molecule has 2 fully saturated rings. The van der Waals surface area contributed by atoms with Crippen LogP contribution in [0, 0.1) is 0 Å². The summed E-state index contributed by atoms with van der Waals surface area (Å²) in [5.74, 6) is -0.734. The van der Waals surface area contributed by atoms with Crippen LogP contribution in [0.1, 0.15) is 29.8 Å². The van der Waals surface area contributed by atoms with Crippen LogP contribution in [0.25, 0.3) is 0 Å². The van der Waals surface area contributed by atoms with Gasteiger partial charge in [0, 0.05) is 25.2 Å². The van der Waals surface area contributed by atoms with E-state index in [2.05, 4.69) is 19.3 Å². The number of ether oxygens (including phenoxy) is 1. The number of hydrogen-bond acceptors (Lipinski definition) is 7. The van der Waals surface area contributed by atoms with Crippen LogP contribution in [-0.2, 0) is 14.8 Å². The van der Waals surface area contributed by atoms with E-state index >= 15 is 0 Å². The highest BCUT2D eigenvalue weighted by Gasteiger charge is 2.37. The van der Waals surface area contributed by atoms with Crippen molar-refractivity contribution in [3.63, 3.8) is 0 Å². The van der Waals surface area contributed by atoms with Gasteiger partial charge in [-0.25, -0.2) is 22.9 Å². The lowest BCUT2D eigenvalue weighted by Crippen LogP contribution is -2.37. The Hall–Kier alpha value is -1.03. The first-order valence-corrected chi connectivity index (χ1v) is 9.15. The second kappa shape index (κ2) is 5.64. The first-order valence-electron chi connectivity index (χ1n) is 6.79. The molecule has 3 rings (SSSR count). The van der Waals surface area contributed by atoms with Crippen molar-refractivity contribution in [1.29, 1.82) is 0 Å². The zero-order chi connectivity index (χ0) is 15.0. The number of esters is 1. The number of aromatic nitrogens is 1. The van der Waals surface area contributed by atoms with Crippen LogP contribution in [0.3, 0.4) is 0 Å². The van der Waals surface area contributed by atoms with Gasteiger partial charge < -0.3 is 4.74 Å². The van der Waals surface area contributed by atoms with Gasteiger partial charge in [-0.1, -0.05) is 0 Å². The van der Waals surface area contributed by atoms with Crippen LogP contribution < -0.4 is 4.72 Å². The average molecular weight is 331 g/mol. The van der Waals surface area contributed by atoms with E-state index in [0.717, 1.165) is 30.8 Å². The molecule has 21 heavy (non-hydrogen) atoms. The summed E-state index contributed by atoms with van der Waals surface area (Å²) in [5, 5.41) is 0. The van der Waals surface area contributed by atoms with E-state index < -0.39 is 16.0 Å².